The fraction of sp³-hybridized carbons (Fsp3) is 0.474. The topological polar surface area (TPSA) is 41.1 Å². The summed E-state index contributed by atoms with van der Waals surface area (Å²) in [7, 11) is 0. The summed E-state index contributed by atoms with van der Waals surface area (Å²) in [6.07, 6.45) is 3.83. The van der Waals surface area contributed by atoms with Crippen LogP contribution in [0.2, 0.25) is 0 Å². The fourth-order valence-electron chi connectivity index (χ4n) is 3.69. The number of nitrogens with one attached hydrogen (secondary N) is 1. The molecule has 2 aliphatic rings. The third-order valence-corrected chi connectivity index (χ3v) is 5.08. The van der Waals surface area contributed by atoms with Gasteiger partial charge < -0.3 is 5.32 Å². The fourth-order valence-corrected chi connectivity index (χ4v) is 3.69. The van der Waals surface area contributed by atoms with E-state index in [1.54, 1.807) is 6.07 Å². The van der Waals surface area contributed by atoms with Crippen molar-refractivity contribution < 1.29 is 4.39 Å². The lowest BCUT2D eigenvalue weighted by Crippen LogP contribution is -2.31. The average molecular weight is 326 g/mol. The van der Waals surface area contributed by atoms with E-state index in [4.69, 9.17) is 0 Å². The molecule has 2 heterocycles. The van der Waals surface area contributed by atoms with Crippen LogP contribution in [0.4, 0.5) is 10.2 Å². The molecule has 0 bridgehead atoms. The quantitative estimate of drug-likeness (QED) is 0.931. The molecule has 0 spiro atoms. The normalized spacial score (nSPS) is 24.3. The summed E-state index contributed by atoms with van der Waals surface area (Å²) in [5, 5.41) is 12.2. The van der Waals surface area contributed by atoms with Crippen molar-refractivity contribution in [3.05, 3.63) is 41.7 Å². The standard InChI is InChI=1S/C19H23FN4/c1-12-8-18(14-4-3-5-15(20)10-14)22-23-19(12)21-16-9-13(2)24(11-16)17-6-7-17/h3-5,8,10,13,16-17H,6-7,9,11H2,1-2H3,(H,21,23). The van der Waals surface area contributed by atoms with Gasteiger partial charge in [0.1, 0.15) is 5.82 Å². The van der Waals surface area contributed by atoms with E-state index < -0.39 is 0 Å². The lowest BCUT2D eigenvalue weighted by molar-refractivity contribution is 0.257. The van der Waals surface area contributed by atoms with Gasteiger partial charge in [-0.2, -0.15) is 0 Å². The lowest BCUT2D eigenvalue weighted by atomic mass is 10.1. The number of halogens is 1. The van der Waals surface area contributed by atoms with Crippen LogP contribution in [0.15, 0.2) is 30.3 Å². The number of hydrogen-bond donors (Lipinski definition) is 1. The van der Waals surface area contributed by atoms with Gasteiger partial charge in [0.2, 0.25) is 0 Å². The minimum atomic E-state index is -0.255. The zero-order valence-corrected chi connectivity index (χ0v) is 14.2. The molecule has 2 aromatic rings. The maximum Gasteiger partial charge on any atom is 0.151 e. The Morgan fingerprint density at radius 2 is 2.04 bits per heavy atom. The third kappa shape index (κ3) is 3.13. The Kier molecular flexibility index (Phi) is 3.96. The van der Waals surface area contributed by atoms with Crippen molar-refractivity contribution in [3.8, 4) is 11.3 Å². The maximum atomic E-state index is 13.4. The van der Waals surface area contributed by atoms with Crippen molar-refractivity contribution in [1.82, 2.24) is 15.1 Å². The highest BCUT2D eigenvalue weighted by atomic mass is 19.1. The summed E-state index contributed by atoms with van der Waals surface area (Å²) < 4.78 is 13.4. The van der Waals surface area contributed by atoms with Crippen molar-refractivity contribution in [3.63, 3.8) is 0 Å². The summed E-state index contributed by atoms with van der Waals surface area (Å²) in [6, 6.07) is 10.3. The van der Waals surface area contributed by atoms with Gasteiger partial charge in [-0.05, 0) is 56.9 Å². The molecule has 1 aromatic carbocycles. The Labute approximate surface area is 142 Å². The van der Waals surface area contributed by atoms with Crippen molar-refractivity contribution in [1.29, 1.82) is 0 Å². The largest absolute Gasteiger partial charge is 0.364 e. The first-order valence-corrected chi connectivity index (χ1v) is 8.72. The number of hydrogen-bond acceptors (Lipinski definition) is 4. The summed E-state index contributed by atoms with van der Waals surface area (Å²) in [5.41, 5.74) is 2.50. The number of benzene rings is 1. The van der Waals surface area contributed by atoms with Gasteiger partial charge >= 0.3 is 0 Å². The number of anilines is 1. The summed E-state index contributed by atoms with van der Waals surface area (Å²) in [4.78, 5) is 2.61. The summed E-state index contributed by atoms with van der Waals surface area (Å²) in [6.45, 7) is 5.42. The maximum absolute atomic E-state index is 13.4. The molecule has 1 saturated carbocycles. The van der Waals surface area contributed by atoms with Gasteiger partial charge in [-0.3, -0.25) is 4.90 Å². The van der Waals surface area contributed by atoms with Gasteiger partial charge in [0.25, 0.3) is 0 Å². The Balaban J connectivity index is 1.48. The Morgan fingerprint density at radius 3 is 2.75 bits per heavy atom. The average Bonchev–Trinajstić information content (AvgIpc) is 3.33. The zero-order valence-electron chi connectivity index (χ0n) is 14.2. The summed E-state index contributed by atoms with van der Waals surface area (Å²) in [5.74, 6) is 0.583. The Bertz CT molecular complexity index is 744. The molecular weight excluding hydrogens is 303 g/mol. The molecule has 4 nitrogen and oxygen atoms in total. The first-order chi connectivity index (χ1) is 11.6. The number of nitrogens with zero attached hydrogens (tertiary/aromatic N) is 3. The highest BCUT2D eigenvalue weighted by Gasteiger charge is 2.38. The molecule has 1 N–H and O–H groups in total. The van der Waals surface area contributed by atoms with Crippen LogP contribution in [0.5, 0.6) is 0 Å². The molecule has 1 aliphatic carbocycles. The highest BCUT2D eigenvalue weighted by Crippen LogP contribution is 2.34. The van der Waals surface area contributed by atoms with E-state index >= 15 is 0 Å². The number of rotatable bonds is 4. The molecule has 2 atom stereocenters. The molecule has 0 radical (unpaired) electrons. The van der Waals surface area contributed by atoms with Gasteiger partial charge in [0.05, 0.1) is 5.69 Å². The van der Waals surface area contributed by atoms with Crippen LogP contribution in [-0.4, -0.2) is 39.8 Å². The minimum Gasteiger partial charge on any atom is -0.364 e. The molecule has 5 heteroatoms. The first-order valence-electron chi connectivity index (χ1n) is 8.72. The minimum absolute atomic E-state index is 0.255. The Hall–Kier alpha value is -2.01. The van der Waals surface area contributed by atoms with Crippen LogP contribution in [-0.2, 0) is 0 Å². The van der Waals surface area contributed by atoms with Crippen LogP contribution in [0.25, 0.3) is 11.3 Å². The number of aromatic nitrogens is 2. The molecular formula is C19H23FN4. The molecule has 126 valence electrons. The third-order valence-electron chi connectivity index (χ3n) is 5.08. The monoisotopic (exact) mass is 326 g/mol. The van der Waals surface area contributed by atoms with E-state index in [-0.39, 0.29) is 5.82 Å². The highest BCUT2D eigenvalue weighted by molar-refractivity contribution is 5.61. The van der Waals surface area contributed by atoms with Gasteiger partial charge in [0, 0.05) is 30.2 Å². The summed E-state index contributed by atoms with van der Waals surface area (Å²) >= 11 is 0. The molecule has 2 unspecified atom stereocenters. The van der Waals surface area contributed by atoms with Gasteiger partial charge in [-0.25, -0.2) is 4.39 Å². The van der Waals surface area contributed by atoms with E-state index in [9.17, 15) is 4.39 Å². The van der Waals surface area contributed by atoms with Crippen LogP contribution >= 0.6 is 0 Å². The van der Waals surface area contributed by atoms with Crippen molar-refractivity contribution >= 4 is 5.82 Å². The SMILES string of the molecule is Cc1cc(-c2cccc(F)c2)nnc1NC1CC(C)N(C2CC2)C1. The second-order valence-corrected chi connectivity index (χ2v) is 7.13. The van der Waals surface area contributed by atoms with E-state index in [1.165, 1.54) is 25.0 Å². The predicted molar refractivity (Wildman–Crippen MR) is 93.4 cm³/mol. The van der Waals surface area contributed by atoms with Crippen molar-refractivity contribution in [2.45, 2.75) is 51.2 Å². The second kappa shape index (κ2) is 6.13. The van der Waals surface area contributed by atoms with Gasteiger partial charge in [0.15, 0.2) is 5.82 Å². The second-order valence-electron chi connectivity index (χ2n) is 7.13. The van der Waals surface area contributed by atoms with Gasteiger partial charge in [-0.15, -0.1) is 10.2 Å². The predicted octanol–water partition coefficient (Wildman–Crippen LogP) is 3.63. The zero-order chi connectivity index (χ0) is 16.7. The molecule has 2 fully saturated rings. The lowest BCUT2D eigenvalue weighted by Gasteiger charge is -2.20. The van der Waals surface area contributed by atoms with Crippen molar-refractivity contribution in [2.75, 3.05) is 11.9 Å². The molecule has 24 heavy (non-hydrogen) atoms. The van der Waals surface area contributed by atoms with Crippen LogP contribution < -0.4 is 5.32 Å². The van der Waals surface area contributed by atoms with E-state index in [0.29, 0.717) is 17.8 Å². The van der Waals surface area contributed by atoms with E-state index in [1.807, 2.05) is 19.1 Å². The number of aryl methyl sites for hydroxylation is 1. The van der Waals surface area contributed by atoms with Crippen LogP contribution in [0.3, 0.4) is 0 Å². The molecule has 0 amide bonds. The molecule has 1 aromatic heterocycles. The molecule has 1 saturated heterocycles. The Morgan fingerprint density at radius 1 is 1.21 bits per heavy atom. The van der Waals surface area contributed by atoms with Crippen LogP contribution in [0.1, 0.15) is 31.7 Å². The number of likely N-dealkylation sites (tertiary alicyclic amines) is 1. The van der Waals surface area contributed by atoms with Crippen LogP contribution in [0, 0.1) is 12.7 Å². The van der Waals surface area contributed by atoms with Crippen molar-refractivity contribution in [2.24, 2.45) is 0 Å². The van der Waals surface area contributed by atoms with Gasteiger partial charge in [-0.1, -0.05) is 12.1 Å². The van der Waals surface area contributed by atoms with E-state index in [2.05, 4.69) is 27.3 Å². The first kappa shape index (κ1) is 15.5. The molecule has 1 aliphatic heterocycles. The van der Waals surface area contributed by atoms with E-state index in [0.717, 1.165) is 36.0 Å². The molecule has 4 rings (SSSR count). The smallest absolute Gasteiger partial charge is 0.151 e.